The van der Waals surface area contributed by atoms with Gasteiger partial charge in [-0.25, -0.2) is 4.98 Å². The van der Waals surface area contributed by atoms with Gasteiger partial charge in [0.1, 0.15) is 5.92 Å². The number of halogens is 1. The van der Waals surface area contributed by atoms with Crippen LogP contribution in [-0.2, 0) is 11.2 Å². The van der Waals surface area contributed by atoms with Gasteiger partial charge in [0.05, 0.1) is 19.0 Å². The SMILES string of the molecule is COc1cncc(C(Cc2ccccc2Br)C(=O)O)n1. The summed E-state index contributed by atoms with van der Waals surface area (Å²) in [4.78, 5) is 19.6. The molecule has 20 heavy (non-hydrogen) atoms. The fourth-order valence-corrected chi connectivity index (χ4v) is 2.28. The third-order valence-corrected chi connectivity index (χ3v) is 3.65. The third kappa shape index (κ3) is 3.33. The number of rotatable bonds is 5. The van der Waals surface area contributed by atoms with Crippen LogP contribution in [0.25, 0.3) is 0 Å². The molecule has 1 aromatic carbocycles. The number of aromatic nitrogens is 2. The first kappa shape index (κ1) is 14.5. The van der Waals surface area contributed by atoms with Crippen molar-refractivity contribution in [2.24, 2.45) is 0 Å². The van der Waals surface area contributed by atoms with Gasteiger partial charge in [0.2, 0.25) is 5.88 Å². The fourth-order valence-electron chi connectivity index (χ4n) is 1.83. The molecule has 0 saturated heterocycles. The van der Waals surface area contributed by atoms with Gasteiger partial charge in [-0.2, -0.15) is 0 Å². The van der Waals surface area contributed by atoms with Crippen molar-refractivity contribution in [1.82, 2.24) is 9.97 Å². The molecule has 1 heterocycles. The van der Waals surface area contributed by atoms with Gasteiger partial charge in [-0.15, -0.1) is 0 Å². The van der Waals surface area contributed by atoms with Crippen molar-refractivity contribution < 1.29 is 14.6 Å². The van der Waals surface area contributed by atoms with E-state index in [0.29, 0.717) is 18.0 Å². The number of carboxylic acid groups (broad SMARTS) is 1. The molecule has 2 rings (SSSR count). The summed E-state index contributed by atoms with van der Waals surface area (Å²) in [6.07, 6.45) is 3.23. The number of hydrogen-bond donors (Lipinski definition) is 1. The molecule has 5 nitrogen and oxygen atoms in total. The van der Waals surface area contributed by atoms with Gasteiger partial charge in [0.15, 0.2) is 0 Å². The number of hydrogen-bond acceptors (Lipinski definition) is 4. The Morgan fingerprint density at radius 3 is 2.80 bits per heavy atom. The summed E-state index contributed by atoms with van der Waals surface area (Å²) in [7, 11) is 1.47. The average molecular weight is 337 g/mol. The normalized spacial score (nSPS) is 11.9. The van der Waals surface area contributed by atoms with Crippen LogP contribution in [-0.4, -0.2) is 28.2 Å². The molecule has 1 unspecified atom stereocenters. The number of ether oxygens (including phenoxy) is 1. The molecule has 2 aromatic rings. The molecule has 6 heteroatoms. The smallest absolute Gasteiger partial charge is 0.312 e. The number of carbonyl (C=O) groups is 1. The summed E-state index contributed by atoms with van der Waals surface area (Å²) in [6.45, 7) is 0. The van der Waals surface area contributed by atoms with Gasteiger partial charge < -0.3 is 9.84 Å². The molecular formula is C14H13BrN2O3. The molecule has 104 valence electrons. The Labute approximate surface area is 124 Å². The maximum atomic E-state index is 11.5. The zero-order valence-electron chi connectivity index (χ0n) is 10.8. The minimum atomic E-state index is -0.941. The van der Waals surface area contributed by atoms with Gasteiger partial charge in [-0.1, -0.05) is 34.1 Å². The van der Waals surface area contributed by atoms with Crippen LogP contribution < -0.4 is 4.74 Å². The Kier molecular flexibility index (Phi) is 4.68. The summed E-state index contributed by atoms with van der Waals surface area (Å²) < 4.78 is 5.86. The van der Waals surface area contributed by atoms with Crippen molar-refractivity contribution in [1.29, 1.82) is 0 Å². The van der Waals surface area contributed by atoms with E-state index in [0.717, 1.165) is 10.0 Å². The average Bonchev–Trinajstić information content (AvgIpc) is 2.46. The zero-order chi connectivity index (χ0) is 14.5. The Balaban J connectivity index is 2.32. The lowest BCUT2D eigenvalue weighted by Gasteiger charge is -2.13. The topological polar surface area (TPSA) is 72.3 Å². The number of methoxy groups -OCH3 is 1. The second kappa shape index (κ2) is 6.47. The minimum Gasteiger partial charge on any atom is -0.481 e. The lowest BCUT2D eigenvalue weighted by Crippen LogP contribution is -2.16. The van der Waals surface area contributed by atoms with Crippen molar-refractivity contribution in [2.75, 3.05) is 7.11 Å². The molecule has 0 radical (unpaired) electrons. The van der Waals surface area contributed by atoms with Crippen LogP contribution in [0.3, 0.4) is 0 Å². The van der Waals surface area contributed by atoms with Gasteiger partial charge >= 0.3 is 5.97 Å². The van der Waals surface area contributed by atoms with E-state index in [2.05, 4.69) is 25.9 Å². The number of nitrogens with zero attached hydrogens (tertiary/aromatic N) is 2. The quantitative estimate of drug-likeness (QED) is 0.908. The summed E-state index contributed by atoms with van der Waals surface area (Å²) in [5.41, 5.74) is 1.29. The summed E-state index contributed by atoms with van der Waals surface area (Å²) in [5.74, 6) is -1.40. The molecule has 0 aliphatic rings. The molecule has 0 aliphatic carbocycles. The molecule has 1 aromatic heterocycles. The van der Waals surface area contributed by atoms with Crippen LogP contribution in [0.1, 0.15) is 17.2 Å². The minimum absolute atomic E-state index is 0.306. The van der Waals surface area contributed by atoms with E-state index in [1.54, 1.807) is 0 Å². The predicted molar refractivity (Wildman–Crippen MR) is 76.8 cm³/mol. The number of carboxylic acids is 1. The van der Waals surface area contributed by atoms with E-state index >= 15 is 0 Å². The second-order valence-corrected chi connectivity index (χ2v) is 5.03. The fraction of sp³-hybridized carbons (Fsp3) is 0.214. The molecule has 0 bridgehead atoms. The molecule has 0 amide bonds. The zero-order valence-corrected chi connectivity index (χ0v) is 12.4. The number of aliphatic carboxylic acids is 1. The molecule has 0 saturated carbocycles. The highest BCUT2D eigenvalue weighted by Crippen LogP contribution is 2.25. The van der Waals surface area contributed by atoms with Crippen molar-refractivity contribution >= 4 is 21.9 Å². The molecular weight excluding hydrogens is 324 g/mol. The Morgan fingerprint density at radius 1 is 1.40 bits per heavy atom. The van der Waals surface area contributed by atoms with Crippen LogP contribution in [0.5, 0.6) is 5.88 Å². The molecule has 1 atom stereocenters. The third-order valence-electron chi connectivity index (χ3n) is 2.88. The van der Waals surface area contributed by atoms with Gasteiger partial charge in [0.25, 0.3) is 0 Å². The standard InChI is InChI=1S/C14H13BrN2O3/c1-20-13-8-16-7-12(17-13)10(14(18)19)6-9-4-2-3-5-11(9)15/h2-5,7-8,10H,6H2,1H3,(H,18,19). The van der Waals surface area contributed by atoms with Crippen LogP contribution in [0.4, 0.5) is 0 Å². The van der Waals surface area contributed by atoms with Gasteiger partial charge in [-0.05, 0) is 18.1 Å². The summed E-state index contributed by atoms with van der Waals surface area (Å²) in [5, 5.41) is 9.42. The van der Waals surface area contributed by atoms with Crippen LogP contribution in [0, 0.1) is 0 Å². The van der Waals surface area contributed by atoms with Crippen LogP contribution in [0.15, 0.2) is 41.1 Å². The van der Waals surface area contributed by atoms with Crippen LogP contribution >= 0.6 is 15.9 Å². The monoisotopic (exact) mass is 336 g/mol. The first-order valence-corrected chi connectivity index (χ1v) is 6.73. The maximum absolute atomic E-state index is 11.5. The first-order chi connectivity index (χ1) is 9.61. The second-order valence-electron chi connectivity index (χ2n) is 4.17. The largest absolute Gasteiger partial charge is 0.481 e. The Morgan fingerprint density at radius 2 is 2.15 bits per heavy atom. The van der Waals surface area contributed by atoms with Crippen molar-refractivity contribution in [3.63, 3.8) is 0 Å². The highest BCUT2D eigenvalue weighted by Gasteiger charge is 2.23. The van der Waals surface area contributed by atoms with Gasteiger partial charge in [0, 0.05) is 10.7 Å². The van der Waals surface area contributed by atoms with E-state index in [1.807, 2.05) is 24.3 Å². The highest BCUT2D eigenvalue weighted by atomic mass is 79.9. The Hall–Kier alpha value is -1.95. The van der Waals surface area contributed by atoms with E-state index in [4.69, 9.17) is 4.74 Å². The molecule has 0 spiro atoms. The lowest BCUT2D eigenvalue weighted by atomic mass is 9.96. The maximum Gasteiger partial charge on any atom is 0.312 e. The molecule has 0 aliphatic heterocycles. The lowest BCUT2D eigenvalue weighted by molar-refractivity contribution is -0.138. The van der Waals surface area contributed by atoms with Crippen molar-refractivity contribution in [2.45, 2.75) is 12.3 Å². The molecule has 1 N–H and O–H groups in total. The van der Waals surface area contributed by atoms with E-state index in [-0.39, 0.29) is 0 Å². The Bertz CT molecular complexity index is 619. The number of benzene rings is 1. The summed E-state index contributed by atoms with van der Waals surface area (Å²) >= 11 is 3.42. The first-order valence-electron chi connectivity index (χ1n) is 5.94. The van der Waals surface area contributed by atoms with E-state index in [9.17, 15) is 9.90 Å². The van der Waals surface area contributed by atoms with Gasteiger partial charge in [-0.3, -0.25) is 9.78 Å². The summed E-state index contributed by atoms with van der Waals surface area (Å²) in [6, 6.07) is 7.52. The van der Waals surface area contributed by atoms with E-state index < -0.39 is 11.9 Å². The van der Waals surface area contributed by atoms with Crippen molar-refractivity contribution in [3.8, 4) is 5.88 Å². The van der Waals surface area contributed by atoms with Crippen LogP contribution in [0.2, 0.25) is 0 Å². The highest BCUT2D eigenvalue weighted by molar-refractivity contribution is 9.10. The van der Waals surface area contributed by atoms with E-state index in [1.165, 1.54) is 19.5 Å². The predicted octanol–water partition coefficient (Wildman–Crippen LogP) is 2.66. The van der Waals surface area contributed by atoms with Crippen molar-refractivity contribution in [3.05, 3.63) is 52.4 Å². The molecule has 0 fully saturated rings.